The van der Waals surface area contributed by atoms with Crippen molar-refractivity contribution in [1.82, 2.24) is 9.55 Å². The van der Waals surface area contributed by atoms with Gasteiger partial charge in [0.15, 0.2) is 0 Å². The predicted molar refractivity (Wildman–Crippen MR) is 55.8 cm³/mol. The van der Waals surface area contributed by atoms with E-state index < -0.39 is 19.6 Å². The van der Waals surface area contributed by atoms with Crippen LogP contribution in [0.2, 0.25) is 0 Å². The third-order valence-electron chi connectivity index (χ3n) is 1.63. The number of nitrogen functional groups attached to an aromatic ring is 1. The van der Waals surface area contributed by atoms with Gasteiger partial charge in [-0.15, -0.1) is 0 Å². The van der Waals surface area contributed by atoms with Crippen LogP contribution in [0.4, 0.5) is 5.82 Å². The molecule has 0 aliphatic carbocycles. The molecule has 90 valence electrons. The molecular formula is C7H12N3O5P. The number of nitrogens with two attached hydrogens (primary N) is 1. The highest BCUT2D eigenvalue weighted by atomic mass is 31.2. The summed E-state index contributed by atoms with van der Waals surface area (Å²) in [6, 6.07) is 1.45. The van der Waals surface area contributed by atoms with E-state index in [0.29, 0.717) is 0 Å². The Labute approximate surface area is 90.8 Å². The van der Waals surface area contributed by atoms with E-state index in [-0.39, 0.29) is 19.0 Å². The quantitative estimate of drug-likeness (QED) is 0.450. The van der Waals surface area contributed by atoms with Gasteiger partial charge in [-0.3, -0.25) is 9.13 Å². The van der Waals surface area contributed by atoms with Gasteiger partial charge in [0.1, 0.15) is 12.2 Å². The molecule has 8 nitrogen and oxygen atoms in total. The van der Waals surface area contributed by atoms with E-state index in [1.165, 1.54) is 16.8 Å². The van der Waals surface area contributed by atoms with E-state index in [0.717, 1.165) is 0 Å². The summed E-state index contributed by atoms with van der Waals surface area (Å²) in [7, 11) is -4.15. The Morgan fingerprint density at radius 1 is 1.56 bits per heavy atom. The van der Waals surface area contributed by atoms with Crippen LogP contribution >= 0.6 is 7.60 Å². The smallest absolute Gasteiger partial charge is 0.350 e. The summed E-state index contributed by atoms with van der Waals surface area (Å²) in [5.41, 5.74) is 4.75. The van der Waals surface area contributed by atoms with Gasteiger partial charge in [-0.2, -0.15) is 4.98 Å². The van der Waals surface area contributed by atoms with Gasteiger partial charge in [-0.25, -0.2) is 4.79 Å². The first kappa shape index (κ1) is 12.9. The van der Waals surface area contributed by atoms with Crippen molar-refractivity contribution in [3.63, 3.8) is 0 Å². The van der Waals surface area contributed by atoms with Crippen molar-refractivity contribution in [3.8, 4) is 0 Å². The van der Waals surface area contributed by atoms with Crippen molar-refractivity contribution in [1.29, 1.82) is 0 Å². The summed E-state index contributed by atoms with van der Waals surface area (Å²) < 4.78 is 16.4. The van der Waals surface area contributed by atoms with E-state index in [4.69, 9.17) is 20.3 Å². The lowest BCUT2D eigenvalue weighted by atomic mass is 10.5. The van der Waals surface area contributed by atoms with Crippen LogP contribution in [0.15, 0.2) is 17.1 Å². The summed E-state index contributed by atoms with van der Waals surface area (Å²) in [6.45, 7) is 0.169. The van der Waals surface area contributed by atoms with Crippen LogP contribution in [0, 0.1) is 0 Å². The molecule has 0 amide bonds. The SMILES string of the molecule is Nc1ccn(CCOCP(=O)(O)O)c(=O)n1. The van der Waals surface area contributed by atoms with Crippen molar-refractivity contribution >= 4 is 13.4 Å². The zero-order valence-electron chi connectivity index (χ0n) is 8.31. The fourth-order valence-electron chi connectivity index (χ4n) is 0.959. The first-order chi connectivity index (χ1) is 7.38. The lowest BCUT2D eigenvalue weighted by Gasteiger charge is -2.07. The van der Waals surface area contributed by atoms with Crippen molar-refractivity contribution in [2.24, 2.45) is 0 Å². The van der Waals surface area contributed by atoms with Crippen molar-refractivity contribution in [2.75, 3.05) is 18.7 Å². The second-order valence-corrected chi connectivity index (χ2v) is 4.62. The molecule has 1 aromatic heterocycles. The van der Waals surface area contributed by atoms with Gasteiger partial charge in [0, 0.05) is 6.20 Å². The minimum Gasteiger partial charge on any atom is -0.383 e. The standard InChI is InChI=1S/C7H12N3O5P/c8-6-1-2-10(7(11)9-6)3-4-15-5-16(12,13)14/h1-2H,3-5H2,(H2,8,9,11)(H2,12,13,14). The highest BCUT2D eigenvalue weighted by molar-refractivity contribution is 7.51. The summed E-state index contributed by atoms with van der Waals surface area (Å²) in [5, 5.41) is 0. The third kappa shape index (κ3) is 4.54. The molecule has 0 aliphatic rings. The average molecular weight is 249 g/mol. The Balaban J connectivity index is 2.44. The van der Waals surface area contributed by atoms with E-state index in [1.54, 1.807) is 0 Å². The number of aromatic nitrogens is 2. The van der Waals surface area contributed by atoms with Gasteiger partial charge in [0.2, 0.25) is 0 Å². The van der Waals surface area contributed by atoms with Gasteiger partial charge in [0.05, 0.1) is 13.2 Å². The zero-order chi connectivity index (χ0) is 12.2. The number of hydrogen-bond donors (Lipinski definition) is 3. The van der Waals surface area contributed by atoms with Crippen LogP contribution in [-0.4, -0.2) is 32.3 Å². The fraction of sp³-hybridized carbons (Fsp3) is 0.429. The van der Waals surface area contributed by atoms with Gasteiger partial charge in [-0.05, 0) is 6.07 Å². The third-order valence-corrected chi connectivity index (χ3v) is 2.15. The predicted octanol–water partition coefficient (Wildman–Crippen LogP) is -1.02. The van der Waals surface area contributed by atoms with Crippen LogP contribution in [0.3, 0.4) is 0 Å². The monoisotopic (exact) mass is 249 g/mol. The number of ether oxygens (including phenoxy) is 1. The molecule has 0 radical (unpaired) electrons. The molecule has 0 saturated heterocycles. The van der Waals surface area contributed by atoms with E-state index in [9.17, 15) is 9.36 Å². The lowest BCUT2D eigenvalue weighted by molar-refractivity contribution is 0.147. The Bertz CT molecular complexity index is 454. The Hall–Kier alpha value is -1.21. The molecular weight excluding hydrogens is 237 g/mol. The molecule has 0 unspecified atom stereocenters. The van der Waals surface area contributed by atoms with Crippen LogP contribution in [0.5, 0.6) is 0 Å². The molecule has 0 fully saturated rings. The molecule has 1 rings (SSSR count). The van der Waals surface area contributed by atoms with E-state index in [1.807, 2.05) is 0 Å². The van der Waals surface area contributed by atoms with Crippen LogP contribution in [0.25, 0.3) is 0 Å². The molecule has 9 heteroatoms. The molecule has 1 aromatic rings. The zero-order valence-corrected chi connectivity index (χ0v) is 9.21. The molecule has 16 heavy (non-hydrogen) atoms. The van der Waals surface area contributed by atoms with Crippen molar-refractivity contribution < 1.29 is 19.1 Å². The summed E-state index contributed by atoms with van der Waals surface area (Å²) >= 11 is 0. The van der Waals surface area contributed by atoms with Gasteiger partial charge >= 0.3 is 13.3 Å². The summed E-state index contributed by atoms with van der Waals surface area (Å²) in [5.74, 6) is 0.123. The minimum absolute atomic E-state index is 0.0105. The van der Waals surface area contributed by atoms with Crippen LogP contribution in [0.1, 0.15) is 0 Å². The molecule has 0 saturated carbocycles. The van der Waals surface area contributed by atoms with Crippen molar-refractivity contribution in [3.05, 3.63) is 22.7 Å². The largest absolute Gasteiger partial charge is 0.383 e. The van der Waals surface area contributed by atoms with E-state index >= 15 is 0 Å². The second-order valence-electron chi connectivity index (χ2n) is 3.03. The molecule has 0 bridgehead atoms. The fourth-order valence-corrected chi connectivity index (χ4v) is 1.33. The van der Waals surface area contributed by atoms with Crippen molar-refractivity contribution in [2.45, 2.75) is 6.54 Å². The highest BCUT2D eigenvalue weighted by Crippen LogP contribution is 2.33. The second kappa shape index (κ2) is 5.22. The van der Waals surface area contributed by atoms with Gasteiger partial charge in [0.25, 0.3) is 0 Å². The molecule has 0 spiro atoms. The number of rotatable bonds is 5. The first-order valence-corrected chi connectivity index (χ1v) is 6.13. The molecule has 0 aromatic carbocycles. The van der Waals surface area contributed by atoms with E-state index in [2.05, 4.69) is 4.98 Å². The topological polar surface area (TPSA) is 128 Å². The van der Waals surface area contributed by atoms with Crippen LogP contribution < -0.4 is 11.4 Å². The Morgan fingerprint density at radius 2 is 2.25 bits per heavy atom. The minimum atomic E-state index is -4.15. The normalized spacial score (nSPS) is 11.6. The maximum absolute atomic E-state index is 11.2. The maximum atomic E-state index is 11.2. The first-order valence-electron chi connectivity index (χ1n) is 4.34. The maximum Gasteiger partial charge on any atom is 0.350 e. The Kier molecular flexibility index (Phi) is 4.19. The molecule has 0 atom stereocenters. The summed E-state index contributed by atoms with van der Waals surface area (Å²) in [6.07, 6.45) is 0.773. The van der Waals surface area contributed by atoms with Crippen LogP contribution in [-0.2, 0) is 15.8 Å². The van der Waals surface area contributed by atoms with Gasteiger partial charge < -0.3 is 20.3 Å². The number of nitrogens with zero attached hydrogens (tertiary/aromatic N) is 2. The Morgan fingerprint density at radius 3 is 2.81 bits per heavy atom. The molecule has 4 N–H and O–H groups in total. The number of hydrogen-bond acceptors (Lipinski definition) is 5. The van der Waals surface area contributed by atoms with Gasteiger partial charge in [-0.1, -0.05) is 0 Å². The molecule has 1 heterocycles. The number of anilines is 1. The average Bonchev–Trinajstić information content (AvgIpc) is 2.13. The summed E-state index contributed by atoms with van der Waals surface area (Å²) in [4.78, 5) is 31.7. The molecule has 0 aliphatic heterocycles. The lowest BCUT2D eigenvalue weighted by Crippen LogP contribution is -2.25. The highest BCUT2D eigenvalue weighted by Gasteiger charge is 2.12.